The number of rotatable bonds is 6. The molecular formula is C28H22F4N4O5S. The Labute approximate surface area is 236 Å². The Morgan fingerprint density at radius 3 is 2.62 bits per heavy atom. The molecule has 9 nitrogen and oxygen atoms in total. The van der Waals surface area contributed by atoms with Gasteiger partial charge in [-0.1, -0.05) is 0 Å². The highest BCUT2D eigenvalue weighted by Crippen LogP contribution is 2.57. The maximum atomic E-state index is 14.7. The highest BCUT2D eigenvalue weighted by molar-refractivity contribution is 7.92. The number of carbonyl (C=O) groups excluding carboxylic acids is 1. The predicted molar refractivity (Wildman–Crippen MR) is 141 cm³/mol. The number of halogens is 4. The summed E-state index contributed by atoms with van der Waals surface area (Å²) in [7, 11) is -3.16. The minimum absolute atomic E-state index is 0.122. The van der Waals surface area contributed by atoms with Crippen LogP contribution in [0.1, 0.15) is 39.6 Å². The first-order valence-corrected chi connectivity index (χ1v) is 14.3. The van der Waals surface area contributed by atoms with Gasteiger partial charge in [0.25, 0.3) is 11.8 Å². The fraction of sp³-hybridized carbons (Fsp3) is 0.286. The van der Waals surface area contributed by atoms with Crippen molar-refractivity contribution in [3.63, 3.8) is 0 Å². The first-order valence-electron chi connectivity index (χ1n) is 12.7. The number of ether oxygens (including phenoxy) is 2. The Bertz CT molecular complexity index is 1850. The molecule has 1 N–H and O–H groups in total. The average Bonchev–Trinajstić information content (AvgIpc) is 3.64. The summed E-state index contributed by atoms with van der Waals surface area (Å²) in [5.41, 5.74) is -1.21. The Morgan fingerprint density at radius 1 is 1.14 bits per heavy atom. The van der Waals surface area contributed by atoms with Gasteiger partial charge in [-0.25, -0.2) is 35.9 Å². The molecule has 2 aliphatic rings. The van der Waals surface area contributed by atoms with Crippen LogP contribution in [0, 0.1) is 5.82 Å². The number of aromatic nitrogens is 3. The second-order valence-corrected chi connectivity index (χ2v) is 12.0. The second-order valence-electron chi connectivity index (χ2n) is 9.95. The molecule has 6 rings (SSSR count). The van der Waals surface area contributed by atoms with E-state index >= 15 is 0 Å². The lowest BCUT2D eigenvalue weighted by molar-refractivity contribution is 0.0938. The van der Waals surface area contributed by atoms with E-state index in [0.717, 1.165) is 12.1 Å². The molecule has 3 aromatic heterocycles. The summed E-state index contributed by atoms with van der Waals surface area (Å²) >= 11 is 0. The number of fused-ring (bicyclic) bond motifs is 2. The zero-order valence-electron chi connectivity index (χ0n) is 21.9. The van der Waals surface area contributed by atoms with Gasteiger partial charge in [-0.15, -0.1) is 0 Å². The Balaban J connectivity index is 1.24. The van der Waals surface area contributed by atoms with Crippen LogP contribution in [0.2, 0.25) is 0 Å². The van der Waals surface area contributed by atoms with Gasteiger partial charge in [-0.05, 0) is 42.5 Å². The van der Waals surface area contributed by atoms with Crippen LogP contribution in [0.25, 0.3) is 22.3 Å². The molecule has 1 aromatic carbocycles. The van der Waals surface area contributed by atoms with Gasteiger partial charge in [0, 0.05) is 29.1 Å². The van der Waals surface area contributed by atoms with E-state index in [1.807, 2.05) is 0 Å². The number of amides is 1. The summed E-state index contributed by atoms with van der Waals surface area (Å²) in [5.74, 6) is -5.39. The van der Waals surface area contributed by atoms with E-state index < -0.39 is 57.0 Å². The zero-order chi connectivity index (χ0) is 29.8. The number of pyridine rings is 3. The van der Waals surface area contributed by atoms with Crippen molar-refractivity contribution < 1.29 is 40.2 Å². The van der Waals surface area contributed by atoms with Gasteiger partial charge in [0.2, 0.25) is 15.3 Å². The average molecular weight is 603 g/mol. The maximum absolute atomic E-state index is 14.7. The zero-order valence-corrected chi connectivity index (χ0v) is 22.7. The first kappa shape index (κ1) is 28.0. The second kappa shape index (κ2) is 10.3. The van der Waals surface area contributed by atoms with E-state index in [4.69, 9.17) is 9.47 Å². The maximum Gasteiger partial charge on any atom is 0.257 e. The Hall–Kier alpha value is -4.17. The number of carbonyl (C=O) groups is 1. The van der Waals surface area contributed by atoms with E-state index in [1.54, 1.807) is 30.3 Å². The molecule has 2 atom stereocenters. The normalized spacial score (nSPS) is 20.4. The van der Waals surface area contributed by atoms with E-state index in [2.05, 4.69) is 20.3 Å². The van der Waals surface area contributed by atoms with Gasteiger partial charge in [0.05, 0.1) is 66.0 Å². The minimum atomic E-state index is -4.55. The van der Waals surface area contributed by atoms with Crippen LogP contribution in [0.4, 0.5) is 17.6 Å². The monoisotopic (exact) mass is 602 g/mol. The van der Waals surface area contributed by atoms with Crippen LogP contribution < -0.4 is 10.1 Å². The third kappa shape index (κ3) is 5.04. The highest BCUT2D eigenvalue weighted by atomic mass is 32.2. The molecule has 0 radical (unpaired) electrons. The quantitative estimate of drug-likeness (QED) is 0.321. The van der Waals surface area contributed by atoms with Gasteiger partial charge in [0.1, 0.15) is 11.6 Å². The van der Waals surface area contributed by atoms with Gasteiger partial charge < -0.3 is 14.8 Å². The van der Waals surface area contributed by atoms with Gasteiger partial charge in [0.15, 0.2) is 0 Å². The molecular weight excluding hydrogens is 580 g/mol. The highest BCUT2D eigenvalue weighted by Gasteiger charge is 2.59. The molecule has 0 unspecified atom stereocenters. The lowest BCUT2D eigenvalue weighted by atomic mass is 10.1. The number of methoxy groups -OCH3 is 1. The van der Waals surface area contributed by atoms with Crippen LogP contribution in [0.3, 0.4) is 0 Å². The predicted octanol–water partition coefficient (Wildman–Crippen LogP) is 4.49. The summed E-state index contributed by atoms with van der Waals surface area (Å²) in [4.78, 5) is 25.5. The third-order valence-electron chi connectivity index (χ3n) is 7.14. The van der Waals surface area contributed by atoms with Crippen molar-refractivity contribution in [2.24, 2.45) is 0 Å². The van der Waals surface area contributed by atoms with Crippen LogP contribution in [0.5, 0.6) is 5.75 Å². The number of alkyl halides is 3. The van der Waals surface area contributed by atoms with Crippen molar-refractivity contribution in [1.29, 1.82) is 0 Å². The van der Waals surface area contributed by atoms with Crippen molar-refractivity contribution in [3.05, 3.63) is 77.0 Å². The van der Waals surface area contributed by atoms with Crippen molar-refractivity contribution >= 4 is 26.6 Å². The van der Waals surface area contributed by atoms with E-state index in [-0.39, 0.29) is 35.5 Å². The van der Waals surface area contributed by atoms with E-state index in [9.17, 15) is 30.8 Å². The molecule has 0 spiro atoms. The summed E-state index contributed by atoms with van der Waals surface area (Å²) in [6, 6.07) is 10.0. The van der Waals surface area contributed by atoms with Gasteiger partial charge in [-0.3, -0.25) is 9.78 Å². The molecule has 4 heterocycles. The topological polar surface area (TPSA) is 120 Å². The summed E-state index contributed by atoms with van der Waals surface area (Å²) in [6.07, 6.45) is 1.23. The van der Waals surface area contributed by atoms with Crippen molar-refractivity contribution in [2.75, 3.05) is 13.7 Å². The summed E-state index contributed by atoms with van der Waals surface area (Å²) in [6.45, 7) is -1.31. The lowest BCUT2D eigenvalue weighted by Gasteiger charge is -2.12. The SMILES string of the molecule is COc1ccc(-c2ccc3cnc(CNC(=O)c4cc(F)c5c(c4)S(=O)(=O)[C@@H](F)COC5)cc3n2)nc1[C@H]1CC1(F)F. The standard InChI is InChI=1S/C28H22F4N4O5S/c1-40-23-5-4-21(36-26(23)18-9-28(18,31)32)20-3-2-14-10-33-16(8-22(14)35-20)11-34-27(37)15-6-19(29)17-12-41-13-25(30)42(38,39)24(17)7-15/h2-8,10,18,25H,9,11-13H2,1H3,(H,34,37)/t18-,25-/m1/s1. The Morgan fingerprint density at radius 2 is 1.88 bits per heavy atom. The molecule has 14 heteroatoms. The molecule has 218 valence electrons. The smallest absolute Gasteiger partial charge is 0.257 e. The van der Waals surface area contributed by atoms with E-state index in [1.165, 1.54) is 13.3 Å². The van der Waals surface area contributed by atoms with E-state index in [0.29, 0.717) is 28.0 Å². The van der Waals surface area contributed by atoms with Crippen LogP contribution in [-0.2, 0) is 27.7 Å². The number of nitrogens with one attached hydrogen (secondary N) is 1. The molecule has 0 saturated heterocycles. The largest absolute Gasteiger partial charge is 0.495 e. The molecule has 1 aliphatic carbocycles. The number of sulfone groups is 1. The molecule has 1 aliphatic heterocycles. The molecule has 42 heavy (non-hydrogen) atoms. The van der Waals surface area contributed by atoms with Gasteiger partial charge >= 0.3 is 0 Å². The van der Waals surface area contributed by atoms with Crippen LogP contribution in [-0.4, -0.2) is 54.4 Å². The van der Waals surface area contributed by atoms with Crippen molar-refractivity contribution in [1.82, 2.24) is 20.3 Å². The minimum Gasteiger partial charge on any atom is -0.495 e. The van der Waals surface area contributed by atoms with Crippen molar-refractivity contribution in [3.8, 4) is 17.1 Å². The van der Waals surface area contributed by atoms with Gasteiger partial charge in [-0.2, -0.15) is 0 Å². The Kier molecular flexibility index (Phi) is 6.84. The number of nitrogens with zero attached hydrogens (tertiary/aromatic N) is 3. The number of hydrogen-bond acceptors (Lipinski definition) is 8. The third-order valence-corrected chi connectivity index (χ3v) is 8.93. The molecule has 0 bridgehead atoms. The number of hydrogen-bond donors (Lipinski definition) is 1. The molecule has 1 amide bonds. The first-order chi connectivity index (χ1) is 20.0. The van der Waals surface area contributed by atoms with Crippen LogP contribution in [0.15, 0.2) is 53.6 Å². The molecule has 1 fully saturated rings. The van der Waals surface area contributed by atoms with Crippen molar-refractivity contribution in [2.45, 2.75) is 41.8 Å². The summed E-state index contributed by atoms with van der Waals surface area (Å²) in [5, 5.41) is 3.21. The summed E-state index contributed by atoms with van der Waals surface area (Å²) < 4.78 is 91.5. The molecule has 1 saturated carbocycles. The molecule has 4 aromatic rings. The fourth-order valence-electron chi connectivity index (χ4n) is 4.72. The number of benzene rings is 1. The van der Waals surface area contributed by atoms with Crippen LogP contribution >= 0.6 is 0 Å². The lowest BCUT2D eigenvalue weighted by Crippen LogP contribution is -2.25. The fourth-order valence-corrected chi connectivity index (χ4v) is 6.07.